The van der Waals surface area contributed by atoms with Gasteiger partial charge < -0.3 is 10.6 Å². The highest BCUT2D eigenvalue weighted by Gasteiger charge is 2.08. The van der Waals surface area contributed by atoms with Crippen LogP contribution in [0.5, 0.6) is 0 Å². The molecule has 0 aliphatic heterocycles. The number of hydrogen-bond acceptors (Lipinski definition) is 7. The minimum atomic E-state index is -0.404. The number of hydrogen-bond donors (Lipinski definition) is 2. The molecule has 3 aromatic rings. The standard InChI is InChI=1S/C18H18N6O2/c1-2-20-18-22-16(14-6-8-19-9-7-14)11-17(23-18)21-12-13-4-3-5-15(10-13)24(25)26/h3-11H,2,12H2,1H3,(H2,20,21,22,23). The molecule has 0 atom stereocenters. The lowest BCUT2D eigenvalue weighted by Gasteiger charge is -2.11. The second-order valence-electron chi connectivity index (χ2n) is 5.51. The van der Waals surface area contributed by atoms with E-state index in [2.05, 4.69) is 25.6 Å². The molecule has 0 saturated carbocycles. The van der Waals surface area contributed by atoms with Crippen molar-refractivity contribution in [2.24, 2.45) is 0 Å². The van der Waals surface area contributed by atoms with E-state index in [1.54, 1.807) is 24.5 Å². The SMILES string of the molecule is CCNc1nc(NCc2cccc([N+](=O)[O-])c2)cc(-c2ccncc2)n1. The predicted molar refractivity (Wildman–Crippen MR) is 99.8 cm³/mol. The highest BCUT2D eigenvalue weighted by Crippen LogP contribution is 2.21. The summed E-state index contributed by atoms with van der Waals surface area (Å²) in [6, 6.07) is 12.1. The molecule has 0 unspecified atom stereocenters. The highest BCUT2D eigenvalue weighted by atomic mass is 16.6. The summed E-state index contributed by atoms with van der Waals surface area (Å²) in [5, 5.41) is 17.2. The number of aromatic nitrogens is 3. The number of rotatable bonds is 7. The number of pyridine rings is 1. The first-order valence-corrected chi connectivity index (χ1v) is 8.16. The number of nitrogens with zero attached hydrogens (tertiary/aromatic N) is 4. The van der Waals surface area contributed by atoms with Crippen LogP contribution in [0.4, 0.5) is 17.5 Å². The summed E-state index contributed by atoms with van der Waals surface area (Å²) in [7, 11) is 0. The van der Waals surface area contributed by atoms with E-state index < -0.39 is 4.92 Å². The molecule has 0 spiro atoms. The average molecular weight is 350 g/mol. The Hall–Kier alpha value is -3.55. The number of nitro groups is 1. The molecule has 0 fully saturated rings. The maximum atomic E-state index is 10.9. The Morgan fingerprint density at radius 1 is 1.08 bits per heavy atom. The number of nitrogens with one attached hydrogen (secondary N) is 2. The Morgan fingerprint density at radius 3 is 2.62 bits per heavy atom. The molecule has 0 radical (unpaired) electrons. The normalized spacial score (nSPS) is 10.3. The summed E-state index contributed by atoms with van der Waals surface area (Å²) < 4.78 is 0. The fourth-order valence-electron chi connectivity index (χ4n) is 2.42. The van der Waals surface area contributed by atoms with Crippen molar-refractivity contribution in [2.75, 3.05) is 17.2 Å². The van der Waals surface area contributed by atoms with Gasteiger partial charge >= 0.3 is 0 Å². The maximum Gasteiger partial charge on any atom is 0.269 e. The first-order valence-electron chi connectivity index (χ1n) is 8.16. The Bertz CT molecular complexity index is 901. The van der Waals surface area contributed by atoms with E-state index in [-0.39, 0.29) is 5.69 Å². The first kappa shape index (κ1) is 17.3. The summed E-state index contributed by atoms with van der Waals surface area (Å²) in [6.07, 6.45) is 3.42. The van der Waals surface area contributed by atoms with Crippen molar-refractivity contribution >= 4 is 17.5 Å². The van der Waals surface area contributed by atoms with E-state index in [0.29, 0.717) is 24.9 Å². The van der Waals surface area contributed by atoms with Crippen molar-refractivity contribution in [2.45, 2.75) is 13.5 Å². The van der Waals surface area contributed by atoms with E-state index in [1.165, 1.54) is 6.07 Å². The molecule has 1 aromatic carbocycles. The minimum absolute atomic E-state index is 0.0674. The number of anilines is 2. The summed E-state index contributed by atoms with van der Waals surface area (Å²) >= 11 is 0. The average Bonchev–Trinajstić information content (AvgIpc) is 2.67. The molecule has 0 aliphatic rings. The lowest BCUT2D eigenvalue weighted by molar-refractivity contribution is -0.384. The zero-order chi connectivity index (χ0) is 18.4. The van der Waals surface area contributed by atoms with E-state index in [1.807, 2.05) is 31.2 Å². The summed E-state index contributed by atoms with van der Waals surface area (Å²) in [4.78, 5) is 23.5. The fraction of sp³-hybridized carbons (Fsp3) is 0.167. The molecule has 2 N–H and O–H groups in total. The van der Waals surface area contributed by atoms with Gasteiger partial charge in [-0.2, -0.15) is 4.98 Å². The molecule has 8 heteroatoms. The van der Waals surface area contributed by atoms with Crippen LogP contribution in [0.3, 0.4) is 0 Å². The van der Waals surface area contributed by atoms with Gasteiger partial charge in [-0.05, 0) is 24.6 Å². The fourth-order valence-corrected chi connectivity index (χ4v) is 2.42. The molecule has 0 bridgehead atoms. The number of benzene rings is 1. The van der Waals surface area contributed by atoms with Gasteiger partial charge in [0.2, 0.25) is 5.95 Å². The van der Waals surface area contributed by atoms with Gasteiger partial charge in [0.25, 0.3) is 5.69 Å². The van der Waals surface area contributed by atoms with Crippen LogP contribution in [-0.2, 0) is 6.54 Å². The van der Waals surface area contributed by atoms with E-state index >= 15 is 0 Å². The second kappa shape index (κ2) is 8.02. The van der Waals surface area contributed by atoms with Gasteiger partial charge in [0.1, 0.15) is 5.82 Å². The van der Waals surface area contributed by atoms with Crippen molar-refractivity contribution in [1.29, 1.82) is 0 Å². The molecule has 0 saturated heterocycles. The van der Waals surface area contributed by atoms with Gasteiger partial charge in [-0.3, -0.25) is 15.1 Å². The lowest BCUT2D eigenvalue weighted by atomic mass is 10.2. The van der Waals surface area contributed by atoms with Crippen LogP contribution in [0.1, 0.15) is 12.5 Å². The number of nitro benzene ring substituents is 1. The summed E-state index contributed by atoms with van der Waals surface area (Å²) in [6.45, 7) is 3.09. The van der Waals surface area contributed by atoms with Crippen molar-refractivity contribution < 1.29 is 4.92 Å². The van der Waals surface area contributed by atoms with Crippen molar-refractivity contribution in [3.8, 4) is 11.3 Å². The van der Waals surface area contributed by atoms with Gasteiger partial charge in [0.05, 0.1) is 10.6 Å². The molecule has 2 heterocycles. The van der Waals surface area contributed by atoms with Gasteiger partial charge in [0, 0.05) is 49.2 Å². The summed E-state index contributed by atoms with van der Waals surface area (Å²) in [5.41, 5.74) is 2.56. The second-order valence-corrected chi connectivity index (χ2v) is 5.51. The van der Waals surface area contributed by atoms with Gasteiger partial charge in [-0.1, -0.05) is 12.1 Å². The monoisotopic (exact) mass is 350 g/mol. The van der Waals surface area contributed by atoms with Gasteiger partial charge in [-0.25, -0.2) is 4.98 Å². The maximum absolute atomic E-state index is 10.9. The van der Waals surface area contributed by atoms with Crippen LogP contribution in [-0.4, -0.2) is 26.4 Å². The highest BCUT2D eigenvalue weighted by molar-refractivity contribution is 5.64. The molecule has 3 rings (SSSR count). The van der Waals surface area contributed by atoms with Crippen LogP contribution in [0, 0.1) is 10.1 Å². The van der Waals surface area contributed by atoms with Gasteiger partial charge in [0.15, 0.2) is 0 Å². The molecule has 26 heavy (non-hydrogen) atoms. The predicted octanol–water partition coefficient (Wildman–Crippen LogP) is 3.49. The van der Waals surface area contributed by atoms with Crippen LogP contribution >= 0.6 is 0 Å². The molecule has 132 valence electrons. The molecule has 0 amide bonds. The molecular formula is C18H18N6O2. The Kier molecular flexibility index (Phi) is 5.33. The molecule has 0 aliphatic carbocycles. The molecular weight excluding hydrogens is 332 g/mol. The third kappa shape index (κ3) is 4.29. The first-order chi connectivity index (χ1) is 12.7. The smallest absolute Gasteiger partial charge is 0.269 e. The largest absolute Gasteiger partial charge is 0.366 e. The van der Waals surface area contributed by atoms with Crippen molar-refractivity contribution in [3.63, 3.8) is 0 Å². The van der Waals surface area contributed by atoms with Gasteiger partial charge in [-0.15, -0.1) is 0 Å². The molecule has 2 aromatic heterocycles. The lowest BCUT2D eigenvalue weighted by Crippen LogP contribution is -2.07. The Morgan fingerprint density at radius 2 is 1.88 bits per heavy atom. The van der Waals surface area contributed by atoms with Crippen molar-refractivity contribution in [3.05, 3.63) is 70.5 Å². The van der Waals surface area contributed by atoms with E-state index in [4.69, 9.17) is 0 Å². The van der Waals surface area contributed by atoms with Crippen molar-refractivity contribution in [1.82, 2.24) is 15.0 Å². The topological polar surface area (TPSA) is 106 Å². The minimum Gasteiger partial charge on any atom is -0.366 e. The Labute approximate surface area is 150 Å². The third-order valence-electron chi connectivity index (χ3n) is 3.63. The summed E-state index contributed by atoms with van der Waals surface area (Å²) in [5.74, 6) is 1.15. The third-order valence-corrected chi connectivity index (χ3v) is 3.63. The number of non-ortho nitro benzene ring substituents is 1. The van der Waals surface area contributed by atoms with E-state index in [0.717, 1.165) is 16.8 Å². The Balaban J connectivity index is 1.84. The van der Waals surface area contributed by atoms with Crippen LogP contribution in [0.2, 0.25) is 0 Å². The van der Waals surface area contributed by atoms with E-state index in [9.17, 15) is 10.1 Å². The van der Waals surface area contributed by atoms with Crippen LogP contribution < -0.4 is 10.6 Å². The quantitative estimate of drug-likeness (QED) is 0.496. The van der Waals surface area contributed by atoms with Crippen LogP contribution in [0.25, 0.3) is 11.3 Å². The zero-order valence-corrected chi connectivity index (χ0v) is 14.2. The van der Waals surface area contributed by atoms with Crippen LogP contribution in [0.15, 0.2) is 54.9 Å². The molecule has 8 nitrogen and oxygen atoms in total. The zero-order valence-electron chi connectivity index (χ0n) is 14.2.